The highest BCUT2D eigenvalue weighted by Gasteiger charge is 2.15. The van der Waals surface area contributed by atoms with Crippen LogP contribution < -0.4 is 0 Å². The lowest BCUT2D eigenvalue weighted by Gasteiger charge is -2.20. The number of imidazole rings is 1. The summed E-state index contributed by atoms with van der Waals surface area (Å²) in [6, 6.07) is 5.67. The third-order valence-corrected chi connectivity index (χ3v) is 4.88. The highest BCUT2D eigenvalue weighted by atomic mass is 35.5. The van der Waals surface area contributed by atoms with Crippen molar-refractivity contribution in [1.82, 2.24) is 9.55 Å². The summed E-state index contributed by atoms with van der Waals surface area (Å²) in [4.78, 5) is 4.08. The first kappa shape index (κ1) is 20.3. The van der Waals surface area contributed by atoms with Gasteiger partial charge in [0.15, 0.2) is 0 Å². The normalized spacial score (nSPS) is 12.4. The topological polar surface area (TPSA) is 27.1 Å². The number of hydrogen-bond donors (Lipinski definition) is 0. The van der Waals surface area contributed by atoms with Gasteiger partial charge in [0.05, 0.1) is 12.4 Å². The summed E-state index contributed by atoms with van der Waals surface area (Å²) in [5, 5.41) is 1.34. The summed E-state index contributed by atoms with van der Waals surface area (Å²) in [5.74, 6) is 0. The van der Waals surface area contributed by atoms with Crippen LogP contribution in [0.5, 0.6) is 0 Å². The predicted molar refractivity (Wildman–Crippen MR) is 105 cm³/mol. The highest BCUT2D eigenvalue weighted by molar-refractivity contribution is 6.35. The van der Waals surface area contributed by atoms with E-state index in [9.17, 15) is 0 Å². The number of rotatable bonds is 12. The first-order valence-corrected chi connectivity index (χ1v) is 9.98. The molecule has 3 nitrogen and oxygen atoms in total. The number of halogens is 2. The molecule has 138 valence electrons. The second kappa shape index (κ2) is 11.6. The lowest BCUT2D eigenvalue weighted by Crippen LogP contribution is -2.08. The Morgan fingerprint density at radius 3 is 2.68 bits per heavy atom. The average Bonchev–Trinajstić information content (AvgIpc) is 3.10. The zero-order chi connectivity index (χ0) is 17.9. The number of benzene rings is 1. The molecule has 2 rings (SSSR count). The van der Waals surface area contributed by atoms with Gasteiger partial charge in [-0.15, -0.1) is 0 Å². The van der Waals surface area contributed by atoms with Gasteiger partial charge in [0.25, 0.3) is 0 Å². The molecule has 0 aliphatic carbocycles. The first-order valence-electron chi connectivity index (χ1n) is 9.23. The van der Waals surface area contributed by atoms with Crippen LogP contribution in [0.2, 0.25) is 10.0 Å². The van der Waals surface area contributed by atoms with Crippen molar-refractivity contribution in [3.8, 4) is 0 Å². The van der Waals surface area contributed by atoms with Gasteiger partial charge in [0.1, 0.15) is 0 Å². The molecule has 25 heavy (non-hydrogen) atoms. The van der Waals surface area contributed by atoms with E-state index in [-0.39, 0.29) is 6.10 Å². The van der Waals surface area contributed by atoms with Crippen LogP contribution >= 0.6 is 23.2 Å². The van der Waals surface area contributed by atoms with E-state index in [1.807, 2.05) is 24.7 Å². The monoisotopic (exact) mass is 382 g/mol. The van der Waals surface area contributed by atoms with E-state index in [0.29, 0.717) is 10.0 Å². The van der Waals surface area contributed by atoms with E-state index in [0.717, 1.165) is 38.0 Å². The molecule has 0 bridgehead atoms. The summed E-state index contributed by atoms with van der Waals surface area (Å²) >= 11 is 12.4. The fraction of sp³-hybridized carbons (Fsp3) is 0.550. The maximum absolute atomic E-state index is 6.40. The molecular weight excluding hydrogens is 355 g/mol. The summed E-state index contributed by atoms with van der Waals surface area (Å²) in [6.07, 6.45) is 13.8. The second-order valence-electron chi connectivity index (χ2n) is 6.38. The molecule has 1 unspecified atom stereocenters. The minimum atomic E-state index is 0.0134. The SMILES string of the molecule is CCCCCCCOC(CCCn1ccnc1)c1ccc(Cl)cc1Cl. The number of ether oxygens (including phenoxy) is 1. The lowest BCUT2D eigenvalue weighted by molar-refractivity contribution is 0.0419. The lowest BCUT2D eigenvalue weighted by atomic mass is 10.0. The highest BCUT2D eigenvalue weighted by Crippen LogP contribution is 2.31. The molecule has 2 aromatic rings. The van der Waals surface area contributed by atoms with Crippen LogP contribution in [0.4, 0.5) is 0 Å². The minimum absolute atomic E-state index is 0.0134. The van der Waals surface area contributed by atoms with Crippen molar-refractivity contribution in [1.29, 1.82) is 0 Å². The number of hydrogen-bond acceptors (Lipinski definition) is 2. The van der Waals surface area contributed by atoms with Gasteiger partial charge in [-0.25, -0.2) is 4.98 Å². The van der Waals surface area contributed by atoms with Gasteiger partial charge in [-0.05, 0) is 37.0 Å². The molecule has 0 fully saturated rings. The Hall–Kier alpha value is -1.03. The molecule has 1 heterocycles. The van der Waals surface area contributed by atoms with Gasteiger partial charge in [0, 0.05) is 35.6 Å². The molecule has 0 spiro atoms. The average molecular weight is 383 g/mol. The fourth-order valence-corrected chi connectivity index (χ4v) is 3.43. The second-order valence-corrected chi connectivity index (χ2v) is 7.23. The van der Waals surface area contributed by atoms with E-state index in [4.69, 9.17) is 27.9 Å². The van der Waals surface area contributed by atoms with Gasteiger partial charge in [-0.3, -0.25) is 0 Å². The molecular formula is C20H28Cl2N2O. The number of aromatic nitrogens is 2. The maximum atomic E-state index is 6.40. The van der Waals surface area contributed by atoms with Crippen LogP contribution in [0.1, 0.15) is 63.5 Å². The Balaban J connectivity index is 1.88. The minimum Gasteiger partial charge on any atom is -0.373 e. The van der Waals surface area contributed by atoms with Crippen LogP contribution in [0.25, 0.3) is 0 Å². The summed E-state index contributed by atoms with van der Waals surface area (Å²) in [6.45, 7) is 3.94. The zero-order valence-corrected chi connectivity index (χ0v) is 16.5. The Labute approximate surface area is 161 Å². The molecule has 0 radical (unpaired) electrons. The van der Waals surface area contributed by atoms with Gasteiger partial charge in [0.2, 0.25) is 0 Å². The number of unbranched alkanes of at least 4 members (excludes halogenated alkanes) is 4. The van der Waals surface area contributed by atoms with E-state index >= 15 is 0 Å². The Morgan fingerprint density at radius 1 is 1.12 bits per heavy atom. The molecule has 0 aliphatic rings. The van der Waals surface area contributed by atoms with Crippen LogP contribution in [-0.2, 0) is 11.3 Å². The Kier molecular flexibility index (Phi) is 9.38. The van der Waals surface area contributed by atoms with Crippen molar-refractivity contribution in [2.75, 3.05) is 6.61 Å². The maximum Gasteiger partial charge on any atom is 0.0945 e. The number of nitrogens with zero attached hydrogens (tertiary/aromatic N) is 2. The Bertz CT molecular complexity index is 602. The molecule has 1 aromatic heterocycles. The molecule has 0 amide bonds. The van der Waals surface area contributed by atoms with Crippen molar-refractivity contribution < 1.29 is 4.74 Å². The molecule has 0 N–H and O–H groups in total. The quantitative estimate of drug-likeness (QED) is 0.381. The van der Waals surface area contributed by atoms with Gasteiger partial charge in [-0.2, -0.15) is 0 Å². The first-order chi connectivity index (χ1) is 12.2. The van der Waals surface area contributed by atoms with Crippen LogP contribution in [0, 0.1) is 0 Å². The summed E-state index contributed by atoms with van der Waals surface area (Å²) in [7, 11) is 0. The van der Waals surface area contributed by atoms with E-state index in [2.05, 4.69) is 16.5 Å². The third kappa shape index (κ3) is 7.39. The van der Waals surface area contributed by atoms with E-state index in [1.54, 1.807) is 12.3 Å². The van der Waals surface area contributed by atoms with Crippen molar-refractivity contribution in [2.45, 2.75) is 64.5 Å². The van der Waals surface area contributed by atoms with Crippen LogP contribution in [-0.4, -0.2) is 16.2 Å². The Morgan fingerprint density at radius 2 is 1.96 bits per heavy atom. The molecule has 5 heteroatoms. The van der Waals surface area contributed by atoms with Crippen molar-refractivity contribution in [3.05, 3.63) is 52.5 Å². The van der Waals surface area contributed by atoms with Crippen molar-refractivity contribution in [2.24, 2.45) is 0 Å². The van der Waals surface area contributed by atoms with Crippen LogP contribution in [0.3, 0.4) is 0 Å². The van der Waals surface area contributed by atoms with Crippen molar-refractivity contribution >= 4 is 23.2 Å². The van der Waals surface area contributed by atoms with Gasteiger partial charge in [-0.1, -0.05) is 61.9 Å². The van der Waals surface area contributed by atoms with Crippen molar-refractivity contribution in [3.63, 3.8) is 0 Å². The molecule has 0 saturated carbocycles. The standard InChI is InChI=1S/C20H28Cl2N2O/c1-2-3-4-5-6-14-25-20(8-7-12-24-13-11-23-16-24)18-10-9-17(21)15-19(18)22/h9-11,13,15-16,20H,2-8,12,14H2,1H3. The largest absolute Gasteiger partial charge is 0.373 e. The van der Waals surface area contributed by atoms with Gasteiger partial charge < -0.3 is 9.30 Å². The number of aryl methyl sites for hydroxylation is 1. The molecule has 1 atom stereocenters. The summed E-state index contributed by atoms with van der Waals surface area (Å²) < 4.78 is 8.28. The molecule has 1 aromatic carbocycles. The third-order valence-electron chi connectivity index (χ3n) is 4.32. The zero-order valence-electron chi connectivity index (χ0n) is 15.0. The predicted octanol–water partition coefficient (Wildman–Crippen LogP) is 6.70. The fourth-order valence-electron chi connectivity index (χ4n) is 2.90. The molecule has 0 saturated heterocycles. The van der Waals surface area contributed by atoms with E-state index in [1.165, 1.54) is 25.7 Å². The van der Waals surface area contributed by atoms with Gasteiger partial charge >= 0.3 is 0 Å². The van der Waals surface area contributed by atoms with E-state index < -0.39 is 0 Å². The smallest absolute Gasteiger partial charge is 0.0945 e. The molecule has 0 aliphatic heterocycles. The summed E-state index contributed by atoms with van der Waals surface area (Å²) in [5.41, 5.74) is 1.03. The van der Waals surface area contributed by atoms with Crippen LogP contribution in [0.15, 0.2) is 36.9 Å².